The van der Waals surface area contributed by atoms with Crippen LogP contribution in [0, 0.1) is 11.3 Å². The molecule has 0 spiro atoms. The van der Waals surface area contributed by atoms with Crippen LogP contribution in [0.25, 0.3) is 0 Å². The number of carbonyl (C=O) groups is 1. The predicted octanol–water partition coefficient (Wildman–Crippen LogP) is 2.37. The van der Waals surface area contributed by atoms with Crippen molar-refractivity contribution in [3.63, 3.8) is 0 Å². The fraction of sp³-hybridized carbons (Fsp3) is 0.727. The van der Waals surface area contributed by atoms with Crippen LogP contribution in [0.15, 0.2) is 16.1 Å². The Kier molecular flexibility index (Phi) is 11.8. The van der Waals surface area contributed by atoms with Crippen molar-refractivity contribution >= 4 is 26.8 Å². The molecule has 1 aliphatic rings. The molecule has 1 aliphatic heterocycles. The van der Waals surface area contributed by atoms with Gasteiger partial charge >= 0.3 is 11.7 Å². The van der Waals surface area contributed by atoms with Gasteiger partial charge in [-0.25, -0.2) is 19.4 Å². The van der Waals surface area contributed by atoms with Crippen molar-refractivity contribution < 1.29 is 23.3 Å². The number of nitriles is 1. The number of aliphatic imine (C=N–C) groups is 1. The molecule has 0 aliphatic carbocycles. The molecule has 14 heteroatoms. The zero-order valence-corrected chi connectivity index (χ0v) is 22.8. The second kappa shape index (κ2) is 14.3. The van der Waals surface area contributed by atoms with Crippen molar-refractivity contribution in [3.05, 3.63) is 16.8 Å². The first-order chi connectivity index (χ1) is 17.0. The van der Waals surface area contributed by atoms with E-state index in [1.807, 2.05) is 27.7 Å². The van der Waals surface area contributed by atoms with E-state index in [1.165, 1.54) is 24.2 Å². The Labute approximate surface area is 213 Å². The molecule has 13 nitrogen and oxygen atoms in total. The van der Waals surface area contributed by atoms with E-state index in [9.17, 15) is 9.59 Å². The van der Waals surface area contributed by atoms with E-state index >= 15 is 0 Å². The van der Waals surface area contributed by atoms with E-state index in [-0.39, 0.29) is 44.1 Å². The summed E-state index contributed by atoms with van der Waals surface area (Å²) in [6.45, 7) is 9.61. The van der Waals surface area contributed by atoms with Gasteiger partial charge in [-0.1, -0.05) is 0 Å². The van der Waals surface area contributed by atoms with Crippen molar-refractivity contribution in [2.45, 2.75) is 78.0 Å². The van der Waals surface area contributed by atoms with Gasteiger partial charge in [-0.2, -0.15) is 10.2 Å². The largest absolute Gasteiger partial charge is 0.463 e. The fourth-order valence-electron chi connectivity index (χ4n) is 3.50. The third-order valence-corrected chi connectivity index (χ3v) is 7.10. The Balaban J connectivity index is 2.29. The lowest BCUT2D eigenvalue weighted by Crippen LogP contribution is -2.36. The lowest BCUT2D eigenvalue weighted by atomic mass is 10.2. The van der Waals surface area contributed by atoms with Gasteiger partial charge in [0.05, 0.1) is 31.5 Å². The molecule has 1 fully saturated rings. The number of aromatic nitrogens is 3. The van der Waals surface area contributed by atoms with Gasteiger partial charge in [-0.15, -0.1) is 0 Å². The van der Waals surface area contributed by atoms with Crippen LogP contribution in [0.2, 0.25) is 0 Å². The molecule has 2 unspecified atom stereocenters. The molecule has 0 radical (unpaired) electrons. The SMILES string of the molecule is CC(=O)OC[C@H]1O[C@@H](n2cnc(N=CN(C)C)nc2=O)CC1OP(OCCC#N)N(C(C)C)C(C)C. The number of esters is 1. The number of ether oxygens (including phenoxy) is 2. The summed E-state index contributed by atoms with van der Waals surface area (Å²) in [5.74, 6) is -0.422. The van der Waals surface area contributed by atoms with Crippen LogP contribution in [0.3, 0.4) is 0 Å². The number of rotatable bonds is 13. The van der Waals surface area contributed by atoms with Gasteiger partial charge in [-0.3, -0.25) is 9.36 Å². The Morgan fingerprint density at radius 2 is 2.08 bits per heavy atom. The fourth-order valence-corrected chi connectivity index (χ4v) is 5.26. The zero-order chi connectivity index (χ0) is 26.8. The molecule has 2 rings (SSSR count). The molecular formula is C22H36N7O6P. The maximum absolute atomic E-state index is 12.7. The van der Waals surface area contributed by atoms with Crippen molar-refractivity contribution in [3.8, 4) is 6.07 Å². The zero-order valence-electron chi connectivity index (χ0n) is 21.9. The molecule has 1 saturated heterocycles. The van der Waals surface area contributed by atoms with Crippen LogP contribution in [0.5, 0.6) is 0 Å². The van der Waals surface area contributed by atoms with Gasteiger partial charge in [0.15, 0.2) is 0 Å². The van der Waals surface area contributed by atoms with Crippen LogP contribution in [-0.2, 0) is 23.3 Å². The van der Waals surface area contributed by atoms with Crippen LogP contribution in [0.1, 0.15) is 53.7 Å². The van der Waals surface area contributed by atoms with Crippen LogP contribution >= 0.6 is 8.53 Å². The molecule has 0 saturated carbocycles. The average molecular weight is 526 g/mol. The van der Waals surface area contributed by atoms with Crippen molar-refractivity contribution in [1.82, 2.24) is 24.1 Å². The first-order valence-electron chi connectivity index (χ1n) is 11.7. The van der Waals surface area contributed by atoms with E-state index in [4.69, 9.17) is 23.8 Å². The van der Waals surface area contributed by atoms with Gasteiger partial charge in [0.2, 0.25) is 0 Å². The highest BCUT2D eigenvalue weighted by Gasteiger charge is 2.42. The molecule has 1 aromatic heterocycles. The monoisotopic (exact) mass is 525 g/mol. The molecule has 2 heterocycles. The third-order valence-electron chi connectivity index (χ3n) is 4.95. The molecular weight excluding hydrogens is 489 g/mol. The lowest BCUT2D eigenvalue weighted by Gasteiger charge is -2.37. The van der Waals surface area contributed by atoms with Gasteiger partial charge in [0, 0.05) is 39.5 Å². The molecule has 0 amide bonds. The summed E-state index contributed by atoms with van der Waals surface area (Å²) in [4.78, 5) is 37.9. The van der Waals surface area contributed by atoms with Gasteiger partial charge < -0.3 is 23.4 Å². The summed E-state index contributed by atoms with van der Waals surface area (Å²) in [5, 5.41) is 8.95. The summed E-state index contributed by atoms with van der Waals surface area (Å²) in [6.07, 6.45) is 1.38. The lowest BCUT2D eigenvalue weighted by molar-refractivity contribution is -0.147. The van der Waals surface area contributed by atoms with E-state index in [1.54, 1.807) is 19.0 Å². The number of nitrogens with zero attached hydrogens (tertiary/aromatic N) is 7. The topological polar surface area (TPSA) is 144 Å². The van der Waals surface area contributed by atoms with E-state index in [2.05, 4.69) is 25.7 Å². The predicted molar refractivity (Wildman–Crippen MR) is 133 cm³/mol. The van der Waals surface area contributed by atoms with Gasteiger partial charge in [0.25, 0.3) is 14.5 Å². The summed E-state index contributed by atoms with van der Waals surface area (Å²) in [6, 6.07) is 2.29. The van der Waals surface area contributed by atoms with Crippen molar-refractivity contribution in [2.24, 2.45) is 4.99 Å². The molecule has 0 bridgehead atoms. The first-order valence-corrected chi connectivity index (χ1v) is 12.9. The Morgan fingerprint density at radius 3 is 2.64 bits per heavy atom. The first kappa shape index (κ1) is 29.7. The van der Waals surface area contributed by atoms with Crippen molar-refractivity contribution in [1.29, 1.82) is 5.26 Å². The third kappa shape index (κ3) is 8.87. The second-order valence-corrected chi connectivity index (χ2v) is 10.3. The summed E-state index contributed by atoms with van der Waals surface area (Å²) in [7, 11) is 2.01. The van der Waals surface area contributed by atoms with Gasteiger partial charge in [-0.05, 0) is 27.7 Å². The minimum Gasteiger partial charge on any atom is -0.463 e. The Hall–Kier alpha value is -2.49. The number of hydrogen-bond donors (Lipinski definition) is 0. The second-order valence-electron chi connectivity index (χ2n) is 8.91. The smallest absolute Gasteiger partial charge is 0.354 e. The summed E-state index contributed by atoms with van der Waals surface area (Å²) >= 11 is 0. The average Bonchev–Trinajstić information content (AvgIpc) is 3.18. The highest BCUT2D eigenvalue weighted by atomic mass is 31.2. The molecule has 36 heavy (non-hydrogen) atoms. The maximum Gasteiger partial charge on any atom is 0.354 e. The minimum atomic E-state index is -1.57. The molecule has 4 atom stereocenters. The van der Waals surface area contributed by atoms with E-state index in [0.29, 0.717) is 0 Å². The van der Waals surface area contributed by atoms with Crippen LogP contribution < -0.4 is 5.69 Å². The summed E-state index contributed by atoms with van der Waals surface area (Å²) in [5.41, 5.74) is -0.577. The quantitative estimate of drug-likeness (QED) is 0.123. The summed E-state index contributed by atoms with van der Waals surface area (Å²) < 4.78 is 27.1. The van der Waals surface area contributed by atoms with Crippen molar-refractivity contribution in [2.75, 3.05) is 27.3 Å². The highest BCUT2D eigenvalue weighted by Crippen LogP contribution is 2.49. The van der Waals surface area contributed by atoms with E-state index in [0.717, 1.165) is 0 Å². The minimum absolute atomic E-state index is 0.0335. The van der Waals surface area contributed by atoms with Gasteiger partial charge in [0.1, 0.15) is 25.3 Å². The molecule has 0 aromatic carbocycles. The number of carbonyl (C=O) groups excluding carboxylic acids is 1. The van der Waals surface area contributed by atoms with Crippen LogP contribution in [0.4, 0.5) is 5.95 Å². The molecule has 200 valence electrons. The Bertz CT molecular complexity index is 972. The van der Waals surface area contributed by atoms with E-state index < -0.39 is 38.6 Å². The van der Waals surface area contributed by atoms with Crippen LogP contribution in [-0.4, -0.2) is 88.0 Å². The highest BCUT2D eigenvalue weighted by molar-refractivity contribution is 7.44. The molecule has 0 N–H and O–H groups in total. The maximum atomic E-state index is 12.7. The normalized spacial score (nSPS) is 20.9. The number of hydrogen-bond acceptors (Lipinski definition) is 11. The Morgan fingerprint density at radius 1 is 1.39 bits per heavy atom. The standard InChI is InChI=1S/C22H36N7O6P/c1-15(2)29(16(3)4)36(33-10-8-9-23)35-18-11-20(34-19(18)12-32-17(5)30)28-14-25-21(26-22(28)31)24-13-27(6)7/h13-16,18-20H,8,10-12H2,1-7H3/t18?,19-,20-,36?/m1/s1. The molecule has 1 aromatic rings.